The average Bonchev–Trinajstić information content (AvgIpc) is 3.61. The van der Waals surface area contributed by atoms with Crippen molar-refractivity contribution >= 4 is 17.5 Å². The molecular formula is C26H41FN4O5. The number of carbonyl (C=O) groups is 2. The number of nitrogens with one attached hydrogen (secondary N) is 2. The number of rotatable bonds is 14. The number of aliphatic hydroxyl groups is 2. The van der Waals surface area contributed by atoms with Crippen molar-refractivity contribution in [1.29, 1.82) is 0 Å². The maximum atomic E-state index is 13.5. The number of aromatic nitrogens is 1. The van der Waals surface area contributed by atoms with Crippen molar-refractivity contribution in [3.63, 3.8) is 0 Å². The van der Waals surface area contributed by atoms with Gasteiger partial charge in [-0.2, -0.15) is 0 Å². The predicted octanol–water partition coefficient (Wildman–Crippen LogP) is 2.06. The van der Waals surface area contributed by atoms with Gasteiger partial charge in [-0.1, -0.05) is 27.7 Å². The van der Waals surface area contributed by atoms with Gasteiger partial charge in [-0.3, -0.25) is 9.59 Å². The minimum Gasteiger partial charge on any atom is -0.476 e. The highest BCUT2D eigenvalue weighted by Crippen LogP contribution is 2.39. The molecule has 3 rings (SSSR count). The van der Waals surface area contributed by atoms with E-state index in [1.807, 2.05) is 32.6 Å². The molecule has 1 aromatic rings. The van der Waals surface area contributed by atoms with Crippen molar-refractivity contribution in [1.82, 2.24) is 15.6 Å². The van der Waals surface area contributed by atoms with Gasteiger partial charge in [0, 0.05) is 6.61 Å². The Hall–Kier alpha value is -2.46. The van der Waals surface area contributed by atoms with Gasteiger partial charge in [0.05, 0.1) is 32.3 Å². The molecule has 0 bridgehead atoms. The topological polar surface area (TPSA) is 124 Å². The monoisotopic (exact) mass is 508 g/mol. The van der Waals surface area contributed by atoms with Crippen LogP contribution in [-0.2, 0) is 4.79 Å². The van der Waals surface area contributed by atoms with E-state index in [0.29, 0.717) is 37.5 Å². The molecule has 1 aromatic heterocycles. The standard InChI is InChI=1S/C26H41FN4O5/c1-5-26(6-2,25(35)28-20(14-33)9-16(3)4)30-23(34)21-7-8-22(31-11-19(27)12-31)24(29-21)36-15-18-10-17(18)13-32/h7-8,16-20,32-33H,5-6,9-15H2,1-4H3,(H,28,35)(H,30,34)/t17-,18-,20-/m0/s1. The minimum absolute atomic E-state index is 0.0977. The summed E-state index contributed by atoms with van der Waals surface area (Å²) in [6.07, 6.45) is 1.31. The summed E-state index contributed by atoms with van der Waals surface area (Å²) < 4.78 is 19.4. The highest BCUT2D eigenvalue weighted by atomic mass is 19.1. The number of ether oxygens (including phenoxy) is 1. The van der Waals surface area contributed by atoms with Gasteiger partial charge in [0.2, 0.25) is 11.8 Å². The summed E-state index contributed by atoms with van der Waals surface area (Å²) in [4.78, 5) is 32.8. The molecule has 0 unspecified atom stereocenters. The number of anilines is 1. The van der Waals surface area contributed by atoms with Crippen LogP contribution in [0.3, 0.4) is 0 Å². The van der Waals surface area contributed by atoms with Crippen LogP contribution in [-0.4, -0.2) is 77.7 Å². The summed E-state index contributed by atoms with van der Waals surface area (Å²) in [5.41, 5.74) is -0.443. The zero-order chi connectivity index (χ0) is 26.5. The first-order valence-corrected chi connectivity index (χ1v) is 13.0. The minimum atomic E-state index is -1.16. The van der Waals surface area contributed by atoms with Crippen molar-refractivity contribution in [3.8, 4) is 5.88 Å². The lowest BCUT2D eigenvalue weighted by Crippen LogP contribution is -2.60. The van der Waals surface area contributed by atoms with Gasteiger partial charge in [-0.15, -0.1) is 0 Å². The fourth-order valence-electron chi connectivity index (χ4n) is 4.61. The molecule has 1 saturated heterocycles. The van der Waals surface area contributed by atoms with Gasteiger partial charge in [0.15, 0.2) is 0 Å². The molecule has 202 valence electrons. The predicted molar refractivity (Wildman–Crippen MR) is 135 cm³/mol. The number of carbonyl (C=O) groups excluding carboxylic acids is 2. The first kappa shape index (κ1) is 28.1. The lowest BCUT2D eigenvalue weighted by atomic mass is 9.90. The van der Waals surface area contributed by atoms with Crippen molar-refractivity contribution in [2.24, 2.45) is 17.8 Å². The SMILES string of the molecule is CCC(CC)(NC(=O)c1ccc(N2CC(F)C2)c(OC[C@@H]2C[C@H]2CO)n1)C(=O)N[C@H](CO)CC(C)C. The Balaban J connectivity index is 1.76. The van der Waals surface area contributed by atoms with E-state index in [-0.39, 0.29) is 55.6 Å². The van der Waals surface area contributed by atoms with Crippen molar-refractivity contribution in [2.45, 2.75) is 71.1 Å². The zero-order valence-electron chi connectivity index (χ0n) is 21.8. The molecule has 2 aliphatic rings. The van der Waals surface area contributed by atoms with Crippen LogP contribution in [0.15, 0.2) is 12.1 Å². The second kappa shape index (κ2) is 12.2. The number of hydrogen-bond acceptors (Lipinski definition) is 7. The van der Waals surface area contributed by atoms with Crippen LogP contribution in [0.2, 0.25) is 0 Å². The second-order valence-electron chi connectivity index (χ2n) is 10.5. The number of aliphatic hydroxyl groups excluding tert-OH is 2. The Labute approximate surface area is 212 Å². The number of nitrogens with zero attached hydrogens (tertiary/aromatic N) is 2. The van der Waals surface area contributed by atoms with Crippen molar-refractivity contribution < 1.29 is 28.9 Å². The maximum Gasteiger partial charge on any atom is 0.270 e. The number of hydrogen-bond donors (Lipinski definition) is 4. The molecule has 2 fully saturated rings. The first-order chi connectivity index (χ1) is 17.2. The quantitative estimate of drug-likeness (QED) is 0.303. The normalized spacial score (nSPS) is 20.6. The second-order valence-corrected chi connectivity index (χ2v) is 10.5. The Bertz CT molecular complexity index is 904. The van der Waals surface area contributed by atoms with Crippen LogP contribution in [0.5, 0.6) is 5.88 Å². The van der Waals surface area contributed by atoms with Crippen LogP contribution in [0.4, 0.5) is 10.1 Å². The van der Waals surface area contributed by atoms with Crippen molar-refractivity contribution in [2.75, 3.05) is 37.8 Å². The van der Waals surface area contributed by atoms with Crippen LogP contribution >= 0.6 is 0 Å². The molecule has 0 radical (unpaired) electrons. The number of alkyl halides is 1. The van der Waals surface area contributed by atoms with Crippen molar-refractivity contribution in [3.05, 3.63) is 17.8 Å². The lowest BCUT2D eigenvalue weighted by Gasteiger charge is -2.37. The van der Waals surface area contributed by atoms with E-state index in [0.717, 1.165) is 6.42 Å². The smallest absolute Gasteiger partial charge is 0.270 e. The zero-order valence-corrected chi connectivity index (χ0v) is 21.8. The fraction of sp³-hybridized carbons (Fsp3) is 0.731. The summed E-state index contributed by atoms with van der Waals surface area (Å²) in [6, 6.07) is 2.86. The number of halogens is 1. The Morgan fingerprint density at radius 3 is 2.44 bits per heavy atom. The molecular weight excluding hydrogens is 467 g/mol. The molecule has 2 heterocycles. The molecule has 9 nitrogen and oxygen atoms in total. The molecule has 1 aliphatic carbocycles. The number of amides is 2. The van der Waals surface area contributed by atoms with Crippen LogP contribution < -0.4 is 20.3 Å². The van der Waals surface area contributed by atoms with E-state index in [1.165, 1.54) is 0 Å². The van der Waals surface area contributed by atoms with E-state index in [4.69, 9.17) is 4.74 Å². The van der Waals surface area contributed by atoms with E-state index in [1.54, 1.807) is 12.1 Å². The highest BCUT2D eigenvalue weighted by Gasteiger charge is 2.39. The van der Waals surface area contributed by atoms with Gasteiger partial charge in [-0.25, -0.2) is 9.37 Å². The first-order valence-electron chi connectivity index (χ1n) is 13.0. The Morgan fingerprint density at radius 1 is 1.22 bits per heavy atom. The molecule has 0 spiro atoms. The molecule has 3 atom stereocenters. The van der Waals surface area contributed by atoms with Crippen LogP contribution in [0.1, 0.15) is 63.9 Å². The number of pyridine rings is 1. The third kappa shape index (κ3) is 6.64. The summed E-state index contributed by atoms with van der Waals surface area (Å²) in [5.74, 6) is 0.130. The van der Waals surface area contributed by atoms with Crippen LogP contribution in [0, 0.1) is 17.8 Å². The summed E-state index contributed by atoms with van der Waals surface area (Å²) >= 11 is 0. The third-order valence-electron chi connectivity index (χ3n) is 7.29. The molecule has 1 aliphatic heterocycles. The Morgan fingerprint density at radius 2 is 1.92 bits per heavy atom. The summed E-state index contributed by atoms with van der Waals surface area (Å²) in [7, 11) is 0. The van der Waals surface area contributed by atoms with Crippen LogP contribution in [0.25, 0.3) is 0 Å². The summed E-state index contributed by atoms with van der Waals surface area (Å²) in [6.45, 7) is 8.45. The van der Waals surface area contributed by atoms with Gasteiger partial charge >= 0.3 is 0 Å². The molecule has 0 aromatic carbocycles. The summed E-state index contributed by atoms with van der Waals surface area (Å²) in [5, 5.41) is 24.8. The average molecular weight is 509 g/mol. The molecule has 36 heavy (non-hydrogen) atoms. The third-order valence-corrected chi connectivity index (χ3v) is 7.29. The largest absolute Gasteiger partial charge is 0.476 e. The molecule has 4 N–H and O–H groups in total. The van der Waals surface area contributed by atoms with E-state index < -0.39 is 23.7 Å². The maximum absolute atomic E-state index is 13.5. The molecule has 10 heteroatoms. The van der Waals surface area contributed by atoms with Gasteiger partial charge in [0.25, 0.3) is 5.91 Å². The van der Waals surface area contributed by atoms with E-state index >= 15 is 0 Å². The molecule has 1 saturated carbocycles. The van der Waals surface area contributed by atoms with Gasteiger partial charge in [0.1, 0.15) is 23.1 Å². The van der Waals surface area contributed by atoms with E-state index in [9.17, 15) is 24.2 Å². The molecule has 2 amide bonds. The Kier molecular flexibility index (Phi) is 9.52. The van der Waals surface area contributed by atoms with E-state index in [2.05, 4.69) is 15.6 Å². The lowest BCUT2D eigenvalue weighted by molar-refractivity contribution is -0.128. The fourth-order valence-corrected chi connectivity index (χ4v) is 4.61. The van der Waals surface area contributed by atoms with Gasteiger partial charge in [-0.05, 0) is 55.6 Å². The van der Waals surface area contributed by atoms with Gasteiger partial charge < -0.3 is 30.5 Å². The highest BCUT2D eigenvalue weighted by molar-refractivity contribution is 5.98.